The first-order valence-electron chi connectivity index (χ1n) is 6.19. The number of alkyl halides is 1. The molecule has 0 heterocycles. The lowest BCUT2D eigenvalue weighted by Crippen LogP contribution is -2.43. The lowest BCUT2D eigenvalue weighted by Gasteiger charge is -2.36. The number of nitrogens with two attached hydrogens (primary N) is 1. The Hall–Kier alpha value is 0.210. The third-order valence-electron chi connectivity index (χ3n) is 3.65. The molecule has 0 spiro atoms. The lowest BCUT2D eigenvalue weighted by atomic mass is 9.73. The largest absolute Gasteiger partial charge is 0.271 e. The van der Waals surface area contributed by atoms with Crippen molar-refractivity contribution in [3.8, 4) is 0 Å². The van der Waals surface area contributed by atoms with E-state index in [0.29, 0.717) is 6.04 Å². The smallest absolute Gasteiger partial charge is 0.0239 e. The number of hydrogen-bond acceptors (Lipinski definition) is 2. The van der Waals surface area contributed by atoms with E-state index in [0.717, 1.165) is 36.5 Å². The van der Waals surface area contributed by atoms with Gasteiger partial charge in [-0.15, -0.1) is 11.6 Å². The first kappa shape index (κ1) is 13.3. The van der Waals surface area contributed by atoms with Crippen molar-refractivity contribution in [2.75, 3.05) is 5.88 Å². The summed E-state index contributed by atoms with van der Waals surface area (Å²) in [4.78, 5) is 0. The van der Waals surface area contributed by atoms with Crippen LogP contribution < -0.4 is 11.3 Å². The fourth-order valence-electron chi connectivity index (χ4n) is 3.09. The molecule has 1 aliphatic carbocycles. The summed E-state index contributed by atoms with van der Waals surface area (Å²) in [5, 5.41) is 0. The Balaban J connectivity index is 2.43. The van der Waals surface area contributed by atoms with Crippen LogP contribution in [0.25, 0.3) is 0 Å². The number of nitrogens with one attached hydrogen (secondary N) is 1. The molecule has 0 aliphatic heterocycles. The standard InChI is InChI=1S/C12H25ClN2/c1-9-6-10(2)8-11(7-9)12(15-14)4-3-5-13/h9-12,15H,3-8,14H2,1-2H3. The molecule has 0 bridgehead atoms. The topological polar surface area (TPSA) is 38.0 Å². The normalized spacial score (nSPS) is 34.0. The highest BCUT2D eigenvalue weighted by molar-refractivity contribution is 6.17. The number of hydrazine groups is 1. The Bertz CT molecular complexity index is 165. The fraction of sp³-hybridized carbons (Fsp3) is 1.00. The van der Waals surface area contributed by atoms with Crippen LogP contribution in [-0.2, 0) is 0 Å². The second-order valence-corrected chi connectivity index (χ2v) is 5.66. The van der Waals surface area contributed by atoms with Crippen molar-refractivity contribution in [1.82, 2.24) is 5.43 Å². The van der Waals surface area contributed by atoms with E-state index in [1.54, 1.807) is 0 Å². The zero-order valence-corrected chi connectivity index (χ0v) is 10.8. The summed E-state index contributed by atoms with van der Waals surface area (Å²) in [6.45, 7) is 4.72. The van der Waals surface area contributed by atoms with Gasteiger partial charge in [0.25, 0.3) is 0 Å². The molecule has 3 N–H and O–H groups in total. The molecule has 3 unspecified atom stereocenters. The monoisotopic (exact) mass is 232 g/mol. The number of halogens is 1. The van der Waals surface area contributed by atoms with Gasteiger partial charge in [-0.1, -0.05) is 13.8 Å². The van der Waals surface area contributed by atoms with Gasteiger partial charge >= 0.3 is 0 Å². The summed E-state index contributed by atoms with van der Waals surface area (Å²) in [5.74, 6) is 8.84. The maximum atomic E-state index is 5.73. The maximum Gasteiger partial charge on any atom is 0.0239 e. The lowest BCUT2D eigenvalue weighted by molar-refractivity contribution is 0.171. The highest BCUT2D eigenvalue weighted by Crippen LogP contribution is 2.35. The van der Waals surface area contributed by atoms with Crippen molar-refractivity contribution in [2.45, 2.75) is 52.0 Å². The van der Waals surface area contributed by atoms with Crippen molar-refractivity contribution >= 4 is 11.6 Å². The molecule has 2 nitrogen and oxygen atoms in total. The predicted molar refractivity (Wildman–Crippen MR) is 66.7 cm³/mol. The van der Waals surface area contributed by atoms with E-state index in [2.05, 4.69) is 19.3 Å². The van der Waals surface area contributed by atoms with Crippen molar-refractivity contribution in [3.63, 3.8) is 0 Å². The van der Waals surface area contributed by atoms with Crippen LogP contribution in [0.4, 0.5) is 0 Å². The Kier molecular flexibility index (Phi) is 5.95. The van der Waals surface area contributed by atoms with Gasteiger partial charge in [-0.3, -0.25) is 11.3 Å². The van der Waals surface area contributed by atoms with E-state index in [-0.39, 0.29) is 0 Å². The Morgan fingerprint density at radius 2 is 1.87 bits per heavy atom. The van der Waals surface area contributed by atoms with Crippen LogP contribution in [0.5, 0.6) is 0 Å². The molecule has 0 aromatic rings. The van der Waals surface area contributed by atoms with E-state index in [9.17, 15) is 0 Å². The van der Waals surface area contributed by atoms with Gasteiger partial charge in [0.15, 0.2) is 0 Å². The van der Waals surface area contributed by atoms with Gasteiger partial charge in [0.1, 0.15) is 0 Å². The molecule has 1 fully saturated rings. The van der Waals surface area contributed by atoms with Crippen LogP contribution in [0.15, 0.2) is 0 Å². The van der Waals surface area contributed by atoms with Gasteiger partial charge in [0, 0.05) is 11.9 Å². The third kappa shape index (κ3) is 4.29. The van der Waals surface area contributed by atoms with Crippen molar-refractivity contribution < 1.29 is 0 Å². The minimum Gasteiger partial charge on any atom is -0.271 e. The van der Waals surface area contributed by atoms with Crippen molar-refractivity contribution in [1.29, 1.82) is 0 Å². The molecule has 0 amide bonds. The summed E-state index contributed by atoms with van der Waals surface area (Å²) >= 11 is 5.73. The van der Waals surface area contributed by atoms with Gasteiger partial charge in [-0.05, 0) is 49.9 Å². The average molecular weight is 233 g/mol. The quantitative estimate of drug-likeness (QED) is 0.435. The summed E-state index contributed by atoms with van der Waals surface area (Å²) in [6, 6.07) is 0.467. The Labute approximate surface area is 98.9 Å². The van der Waals surface area contributed by atoms with Gasteiger partial charge in [0.2, 0.25) is 0 Å². The van der Waals surface area contributed by atoms with E-state index < -0.39 is 0 Å². The van der Waals surface area contributed by atoms with E-state index in [1.807, 2.05) is 0 Å². The molecule has 1 aliphatic rings. The molecule has 15 heavy (non-hydrogen) atoms. The van der Waals surface area contributed by atoms with Gasteiger partial charge in [0.05, 0.1) is 0 Å². The second-order valence-electron chi connectivity index (χ2n) is 5.28. The molecule has 0 saturated heterocycles. The molecule has 1 rings (SSSR count). The van der Waals surface area contributed by atoms with Crippen molar-refractivity contribution in [2.24, 2.45) is 23.6 Å². The Morgan fingerprint density at radius 1 is 1.27 bits per heavy atom. The summed E-state index contributed by atoms with van der Waals surface area (Å²) in [5.41, 5.74) is 2.99. The highest BCUT2D eigenvalue weighted by atomic mass is 35.5. The van der Waals surface area contributed by atoms with E-state index in [4.69, 9.17) is 17.4 Å². The molecule has 0 radical (unpaired) electrons. The molecule has 1 saturated carbocycles. The number of hydrogen-bond donors (Lipinski definition) is 2. The van der Waals surface area contributed by atoms with E-state index >= 15 is 0 Å². The van der Waals surface area contributed by atoms with Crippen LogP contribution in [0.2, 0.25) is 0 Å². The first-order chi connectivity index (χ1) is 7.17. The minimum atomic E-state index is 0.467. The molecule has 0 aromatic carbocycles. The van der Waals surface area contributed by atoms with Crippen LogP contribution in [0.3, 0.4) is 0 Å². The zero-order chi connectivity index (χ0) is 11.3. The number of rotatable bonds is 5. The third-order valence-corrected chi connectivity index (χ3v) is 3.91. The van der Waals surface area contributed by atoms with E-state index in [1.165, 1.54) is 19.3 Å². The van der Waals surface area contributed by atoms with Crippen LogP contribution in [-0.4, -0.2) is 11.9 Å². The highest BCUT2D eigenvalue weighted by Gasteiger charge is 2.28. The molecule has 3 heteroatoms. The molecule has 0 aromatic heterocycles. The van der Waals surface area contributed by atoms with Crippen molar-refractivity contribution in [3.05, 3.63) is 0 Å². The molecule has 3 atom stereocenters. The van der Waals surface area contributed by atoms with Gasteiger partial charge < -0.3 is 0 Å². The molecular formula is C12H25ClN2. The minimum absolute atomic E-state index is 0.467. The van der Waals surface area contributed by atoms with Crippen LogP contribution in [0, 0.1) is 17.8 Å². The summed E-state index contributed by atoms with van der Waals surface area (Å²) in [7, 11) is 0. The van der Waals surface area contributed by atoms with Crippen LogP contribution >= 0.6 is 11.6 Å². The summed E-state index contributed by atoms with van der Waals surface area (Å²) in [6.07, 6.45) is 6.20. The Morgan fingerprint density at radius 3 is 2.33 bits per heavy atom. The second kappa shape index (κ2) is 6.72. The van der Waals surface area contributed by atoms with Crippen LogP contribution in [0.1, 0.15) is 46.0 Å². The van der Waals surface area contributed by atoms with Gasteiger partial charge in [-0.25, -0.2) is 0 Å². The molecule has 90 valence electrons. The maximum absolute atomic E-state index is 5.73. The SMILES string of the molecule is CC1CC(C)CC(C(CCCCl)NN)C1. The van der Waals surface area contributed by atoms with Gasteiger partial charge in [-0.2, -0.15) is 0 Å². The predicted octanol–water partition coefficient (Wildman–Crippen LogP) is 2.91. The summed E-state index contributed by atoms with van der Waals surface area (Å²) < 4.78 is 0. The fourth-order valence-corrected chi connectivity index (χ4v) is 3.24. The molecular weight excluding hydrogens is 208 g/mol. The average Bonchev–Trinajstić information content (AvgIpc) is 2.17. The zero-order valence-electron chi connectivity index (χ0n) is 10.0. The first-order valence-corrected chi connectivity index (χ1v) is 6.72.